The summed E-state index contributed by atoms with van der Waals surface area (Å²) < 4.78 is 25.7. The van der Waals surface area contributed by atoms with Gasteiger partial charge in [-0.2, -0.15) is 0 Å². The van der Waals surface area contributed by atoms with Crippen LogP contribution in [0, 0.1) is 5.82 Å². The first-order valence-corrected chi connectivity index (χ1v) is 9.80. The lowest BCUT2D eigenvalue weighted by Gasteiger charge is -2.11. The van der Waals surface area contributed by atoms with Gasteiger partial charge in [-0.1, -0.05) is 6.92 Å². The van der Waals surface area contributed by atoms with Crippen molar-refractivity contribution in [3.05, 3.63) is 53.1 Å². The van der Waals surface area contributed by atoms with Gasteiger partial charge in [0.15, 0.2) is 11.4 Å². The number of rotatable bonds is 7. The molecule has 0 aliphatic rings. The van der Waals surface area contributed by atoms with Crippen LogP contribution in [-0.2, 0) is 18.2 Å². The molecule has 1 aromatic carbocycles. The van der Waals surface area contributed by atoms with Crippen LogP contribution in [0.2, 0.25) is 0 Å². The van der Waals surface area contributed by atoms with Gasteiger partial charge < -0.3 is 19.4 Å². The minimum atomic E-state index is -0.503. The topological polar surface area (TPSA) is 82.4 Å². The number of carbonyl (C=O) groups excluding carboxylic acids is 2. The van der Waals surface area contributed by atoms with Crippen molar-refractivity contribution in [1.82, 2.24) is 9.55 Å². The average Bonchev–Trinajstić information content (AvgIpc) is 2.99. The van der Waals surface area contributed by atoms with Crippen molar-refractivity contribution >= 4 is 28.6 Å². The van der Waals surface area contributed by atoms with Crippen molar-refractivity contribution in [3.8, 4) is 5.75 Å². The zero-order valence-electron chi connectivity index (χ0n) is 17.4. The van der Waals surface area contributed by atoms with E-state index in [9.17, 15) is 14.0 Å². The number of aromatic nitrogens is 2. The highest BCUT2D eigenvalue weighted by Crippen LogP contribution is 2.35. The van der Waals surface area contributed by atoms with Crippen molar-refractivity contribution in [2.75, 3.05) is 18.5 Å². The van der Waals surface area contributed by atoms with Crippen molar-refractivity contribution in [2.24, 2.45) is 7.05 Å². The van der Waals surface area contributed by atoms with E-state index in [0.29, 0.717) is 46.8 Å². The maximum absolute atomic E-state index is 13.2. The molecule has 2 heterocycles. The molecule has 0 atom stereocenters. The van der Waals surface area contributed by atoms with Crippen molar-refractivity contribution < 1.29 is 23.5 Å². The molecule has 0 saturated carbocycles. The number of ether oxygens (including phenoxy) is 2. The minimum Gasteiger partial charge on any atom is -0.491 e. The van der Waals surface area contributed by atoms with Crippen LogP contribution in [0.5, 0.6) is 5.75 Å². The second-order valence-corrected chi connectivity index (χ2v) is 6.56. The number of anilines is 1. The maximum atomic E-state index is 13.2. The molecule has 0 fully saturated rings. The lowest BCUT2D eigenvalue weighted by Crippen LogP contribution is -2.14. The molecule has 3 rings (SSSR count). The molecule has 0 spiro atoms. The smallest absolute Gasteiger partial charge is 0.358 e. The number of halogens is 1. The molecule has 1 N–H and O–H groups in total. The van der Waals surface area contributed by atoms with E-state index in [0.717, 1.165) is 0 Å². The summed E-state index contributed by atoms with van der Waals surface area (Å²) in [6, 6.07) is 7.03. The third-order valence-corrected chi connectivity index (χ3v) is 4.64. The van der Waals surface area contributed by atoms with Gasteiger partial charge >= 0.3 is 5.97 Å². The Kier molecular flexibility index (Phi) is 6.34. The first-order valence-electron chi connectivity index (χ1n) is 9.80. The molecule has 0 unspecified atom stereocenters. The monoisotopic (exact) mass is 413 g/mol. The first kappa shape index (κ1) is 21.3. The Hall–Kier alpha value is -3.42. The van der Waals surface area contributed by atoms with E-state index < -0.39 is 11.8 Å². The van der Waals surface area contributed by atoms with Crippen LogP contribution in [0.15, 0.2) is 30.3 Å². The number of aryl methyl sites for hydroxylation is 2. The van der Waals surface area contributed by atoms with Crippen molar-refractivity contribution in [3.63, 3.8) is 0 Å². The number of amides is 1. The summed E-state index contributed by atoms with van der Waals surface area (Å²) in [6.45, 7) is 6.05. The van der Waals surface area contributed by atoms with E-state index in [1.807, 2.05) is 13.8 Å². The number of carbonyl (C=O) groups is 2. The fourth-order valence-electron chi connectivity index (χ4n) is 3.24. The molecule has 3 aromatic rings. The summed E-state index contributed by atoms with van der Waals surface area (Å²) in [5.41, 5.74) is 2.30. The number of fused-ring (bicyclic) bond motifs is 1. The fraction of sp³-hybridized carbons (Fsp3) is 0.318. The van der Waals surface area contributed by atoms with Crippen molar-refractivity contribution in [2.45, 2.75) is 27.2 Å². The van der Waals surface area contributed by atoms with E-state index in [1.165, 1.54) is 24.3 Å². The quantitative estimate of drug-likeness (QED) is 0.590. The van der Waals surface area contributed by atoms with Crippen molar-refractivity contribution in [1.29, 1.82) is 0 Å². The van der Waals surface area contributed by atoms with E-state index in [4.69, 9.17) is 9.47 Å². The Bertz CT molecular complexity index is 1090. The van der Waals surface area contributed by atoms with Crippen LogP contribution in [-0.4, -0.2) is 34.6 Å². The zero-order valence-corrected chi connectivity index (χ0v) is 17.4. The van der Waals surface area contributed by atoms with E-state index in [-0.39, 0.29) is 18.2 Å². The van der Waals surface area contributed by atoms with Gasteiger partial charge in [0.05, 0.1) is 30.0 Å². The number of pyridine rings is 1. The lowest BCUT2D eigenvalue weighted by atomic mass is 10.1. The highest BCUT2D eigenvalue weighted by atomic mass is 19.1. The van der Waals surface area contributed by atoms with Gasteiger partial charge in [-0.3, -0.25) is 4.79 Å². The van der Waals surface area contributed by atoms with Gasteiger partial charge in [-0.05, 0) is 50.6 Å². The molecule has 8 heteroatoms. The van der Waals surface area contributed by atoms with Crippen LogP contribution in [0.1, 0.15) is 47.3 Å². The molecule has 0 bridgehead atoms. The predicted octanol–water partition coefficient (Wildman–Crippen LogP) is 4.10. The first-order chi connectivity index (χ1) is 14.4. The minimum absolute atomic E-state index is 0.235. The molecular formula is C22H24FN3O4. The number of benzene rings is 1. The van der Waals surface area contributed by atoms with Crippen LogP contribution < -0.4 is 10.1 Å². The van der Waals surface area contributed by atoms with Gasteiger partial charge in [0, 0.05) is 12.6 Å². The standard InChI is InChI=1S/C22H24FN3O4/c1-5-16-17(25-21(27)13-8-10-14(23)11-9-13)12-15-19(29-6-2)18(22(28)30-7-3)26(4)20(15)24-16/h8-12H,5-7H2,1-4H3,(H,25,27). The number of nitrogens with zero attached hydrogens (tertiary/aromatic N) is 2. The summed E-state index contributed by atoms with van der Waals surface area (Å²) in [6.07, 6.45) is 0.554. The Morgan fingerprint density at radius 3 is 2.43 bits per heavy atom. The Morgan fingerprint density at radius 1 is 1.13 bits per heavy atom. The average molecular weight is 413 g/mol. The van der Waals surface area contributed by atoms with Crippen LogP contribution in [0.25, 0.3) is 11.0 Å². The molecule has 7 nitrogen and oxygen atoms in total. The van der Waals surface area contributed by atoms with E-state index >= 15 is 0 Å². The van der Waals surface area contributed by atoms with Gasteiger partial charge in [-0.25, -0.2) is 14.2 Å². The maximum Gasteiger partial charge on any atom is 0.358 e. The molecule has 0 aliphatic heterocycles. The molecule has 1 amide bonds. The Labute approximate surface area is 173 Å². The number of esters is 1. The fourth-order valence-corrected chi connectivity index (χ4v) is 3.24. The predicted molar refractivity (Wildman–Crippen MR) is 112 cm³/mol. The van der Waals surface area contributed by atoms with Crippen LogP contribution >= 0.6 is 0 Å². The van der Waals surface area contributed by atoms with Gasteiger partial charge in [0.25, 0.3) is 5.91 Å². The highest BCUT2D eigenvalue weighted by Gasteiger charge is 2.26. The van der Waals surface area contributed by atoms with Crippen LogP contribution in [0.3, 0.4) is 0 Å². The third-order valence-electron chi connectivity index (χ3n) is 4.64. The highest BCUT2D eigenvalue weighted by molar-refractivity contribution is 6.07. The summed E-state index contributed by atoms with van der Waals surface area (Å²) in [4.78, 5) is 29.8. The molecule has 0 saturated heterocycles. The number of hydrogen-bond acceptors (Lipinski definition) is 5. The molecule has 30 heavy (non-hydrogen) atoms. The van der Waals surface area contributed by atoms with Gasteiger partial charge in [0.1, 0.15) is 11.5 Å². The van der Waals surface area contributed by atoms with E-state index in [1.54, 1.807) is 24.6 Å². The molecule has 0 radical (unpaired) electrons. The summed E-state index contributed by atoms with van der Waals surface area (Å²) in [7, 11) is 1.72. The molecule has 2 aromatic heterocycles. The Morgan fingerprint density at radius 2 is 1.83 bits per heavy atom. The second-order valence-electron chi connectivity index (χ2n) is 6.56. The summed E-state index contributed by atoms with van der Waals surface area (Å²) >= 11 is 0. The lowest BCUT2D eigenvalue weighted by molar-refractivity contribution is 0.0511. The van der Waals surface area contributed by atoms with Gasteiger partial charge in [-0.15, -0.1) is 0 Å². The zero-order chi connectivity index (χ0) is 21.8. The molecule has 0 aliphatic carbocycles. The van der Waals surface area contributed by atoms with Gasteiger partial charge in [0.2, 0.25) is 0 Å². The summed E-state index contributed by atoms with van der Waals surface area (Å²) in [5, 5.41) is 3.43. The number of nitrogens with one attached hydrogen (secondary N) is 1. The number of hydrogen-bond donors (Lipinski definition) is 1. The largest absolute Gasteiger partial charge is 0.491 e. The Balaban J connectivity index is 2.11. The van der Waals surface area contributed by atoms with E-state index in [2.05, 4.69) is 10.3 Å². The normalized spacial score (nSPS) is 10.8. The molecule has 158 valence electrons. The second kappa shape index (κ2) is 8.94. The van der Waals surface area contributed by atoms with Crippen LogP contribution in [0.4, 0.5) is 10.1 Å². The SMILES string of the molecule is CCOC(=O)c1c(OCC)c2cc(NC(=O)c3ccc(F)cc3)c(CC)nc2n1C. The molecular weight excluding hydrogens is 389 g/mol. The third kappa shape index (κ3) is 3.98. The summed E-state index contributed by atoms with van der Waals surface area (Å²) in [5.74, 6) is -0.941.